The summed E-state index contributed by atoms with van der Waals surface area (Å²) in [6, 6.07) is 2.83. The largest absolute Gasteiger partial charge is 0.352 e. The van der Waals surface area contributed by atoms with Crippen molar-refractivity contribution >= 4 is 24.2 Å². The summed E-state index contributed by atoms with van der Waals surface area (Å²) >= 11 is 0. The number of rotatable bonds is 7. The van der Waals surface area contributed by atoms with Gasteiger partial charge >= 0.3 is 0 Å². The van der Waals surface area contributed by atoms with E-state index in [0.717, 1.165) is 44.6 Å². The number of nitrogens with one attached hydrogen (secondary N) is 2. The Bertz CT molecular complexity index is 614. The molecule has 5 nitrogen and oxygen atoms in total. The lowest BCUT2D eigenvalue weighted by molar-refractivity contribution is -0.133. The SMILES string of the molecule is CNCC1CCCN(C(=O)CCCNC(=O)c2ccc(F)cc2F)C1.Cl. The van der Waals surface area contributed by atoms with Crippen molar-refractivity contribution < 1.29 is 18.4 Å². The summed E-state index contributed by atoms with van der Waals surface area (Å²) in [5.41, 5.74) is -0.196. The monoisotopic (exact) mass is 389 g/mol. The maximum Gasteiger partial charge on any atom is 0.254 e. The molecule has 0 bridgehead atoms. The second kappa shape index (κ2) is 11.1. The van der Waals surface area contributed by atoms with E-state index in [2.05, 4.69) is 10.6 Å². The van der Waals surface area contributed by atoms with E-state index in [0.29, 0.717) is 24.8 Å². The molecule has 26 heavy (non-hydrogen) atoms. The molecule has 1 aliphatic rings. The Morgan fingerprint density at radius 2 is 2.08 bits per heavy atom. The van der Waals surface area contributed by atoms with Crippen molar-refractivity contribution in [2.45, 2.75) is 25.7 Å². The fourth-order valence-electron chi connectivity index (χ4n) is 3.12. The molecule has 2 rings (SSSR count). The lowest BCUT2D eigenvalue weighted by atomic mass is 9.97. The lowest BCUT2D eigenvalue weighted by Gasteiger charge is -2.32. The summed E-state index contributed by atoms with van der Waals surface area (Å²) in [5, 5.41) is 5.71. The second-order valence-electron chi connectivity index (χ2n) is 6.39. The van der Waals surface area contributed by atoms with Crippen LogP contribution in [0.3, 0.4) is 0 Å². The normalized spacial score (nSPS) is 16.7. The zero-order valence-electron chi connectivity index (χ0n) is 14.9. The minimum atomic E-state index is -0.891. The summed E-state index contributed by atoms with van der Waals surface area (Å²) in [6.07, 6.45) is 2.97. The number of hydrogen-bond donors (Lipinski definition) is 2. The molecule has 2 amide bonds. The average molecular weight is 390 g/mol. The zero-order chi connectivity index (χ0) is 18.2. The Kier molecular flexibility index (Phi) is 9.51. The van der Waals surface area contributed by atoms with Gasteiger partial charge in [-0.15, -0.1) is 12.4 Å². The van der Waals surface area contributed by atoms with Gasteiger partial charge < -0.3 is 15.5 Å². The lowest BCUT2D eigenvalue weighted by Crippen LogP contribution is -2.42. The van der Waals surface area contributed by atoms with Crippen molar-refractivity contribution in [2.75, 3.05) is 33.2 Å². The van der Waals surface area contributed by atoms with Gasteiger partial charge in [-0.1, -0.05) is 0 Å². The average Bonchev–Trinajstić information content (AvgIpc) is 2.59. The standard InChI is InChI=1S/C18H25F2N3O2.ClH/c1-21-11-13-4-3-9-23(12-13)17(24)5-2-8-22-18(25)15-7-6-14(19)10-16(15)20;/h6-7,10,13,21H,2-5,8-9,11-12H2,1H3,(H,22,25);1H. The molecule has 0 saturated carbocycles. The van der Waals surface area contributed by atoms with Gasteiger partial charge in [-0.2, -0.15) is 0 Å². The predicted molar refractivity (Wildman–Crippen MR) is 98.4 cm³/mol. The van der Waals surface area contributed by atoms with Gasteiger partial charge in [-0.05, 0) is 50.9 Å². The summed E-state index contributed by atoms with van der Waals surface area (Å²) in [6.45, 7) is 2.73. The van der Waals surface area contributed by atoms with Crippen molar-refractivity contribution in [3.05, 3.63) is 35.4 Å². The van der Waals surface area contributed by atoms with Gasteiger partial charge in [0, 0.05) is 32.1 Å². The number of likely N-dealkylation sites (tertiary alicyclic amines) is 1. The molecule has 1 heterocycles. The summed E-state index contributed by atoms with van der Waals surface area (Å²) < 4.78 is 26.4. The topological polar surface area (TPSA) is 61.4 Å². The smallest absolute Gasteiger partial charge is 0.254 e. The highest BCUT2D eigenvalue weighted by Gasteiger charge is 2.22. The highest BCUT2D eigenvalue weighted by molar-refractivity contribution is 5.94. The molecule has 0 aromatic heterocycles. The van der Waals surface area contributed by atoms with Crippen molar-refractivity contribution in [1.29, 1.82) is 0 Å². The highest BCUT2D eigenvalue weighted by atomic mass is 35.5. The van der Waals surface area contributed by atoms with Crippen LogP contribution in [-0.4, -0.2) is 49.9 Å². The number of carbonyl (C=O) groups is 2. The number of amides is 2. The summed E-state index contributed by atoms with van der Waals surface area (Å²) in [7, 11) is 1.91. The summed E-state index contributed by atoms with van der Waals surface area (Å²) in [5.74, 6) is -1.64. The van der Waals surface area contributed by atoms with Gasteiger partial charge in [0.1, 0.15) is 11.6 Å². The molecule has 146 valence electrons. The van der Waals surface area contributed by atoms with Crippen LogP contribution < -0.4 is 10.6 Å². The number of hydrogen-bond acceptors (Lipinski definition) is 3. The third-order valence-corrected chi connectivity index (χ3v) is 4.39. The minimum absolute atomic E-state index is 0. The quantitative estimate of drug-likeness (QED) is 0.704. The maximum absolute atomic E-state index is 13.5. The van der Waals surface area contributed by atoms with Gasteiger partial charge in [0.15, 0.2) is 0 Å². The van der Waals surface area contributed by atoms with Crippen molar-refractivity contribution in [1.82, 2.24) is 15.5 Å². The van der Waals surface area contributed by atoms with Gasteiger partial charge in [-0.3, -0.25) is 9.59 Å². The Morgan fingerprint density at radius 3 is 2.77 bits per heavy atom. The second-order valence-corrected chi connectivity index (χ2v) is 6.39. The molecule has 1 saturated heterocycles. The molecule has 0 radical (unpaired) electrons. The fraction of sp³-hybridized carbons (Fsp3) is 0.556. The van der Waals surface area contributed by atoms with Crippen LogP contribution >= 0.6 is 12.4 Å². The Balaban J connectivity index is 0.00000338. The molecule has 1 fully saturated rings. The third kappa shape index (κ3) is 6.53. The molecule has 1 aromatic carbocycles. The third-order valence-electron chi connectivity index (χ3n) is 4.39. The Hall–Kier alpha value is -1.73. The fourth-order valence-corrected chi connectivity index (χ4v) is 3.12. The van der Waals surface area contributed by atoms with E-state index in [1.54, 1.807) is 0 Å². The molecule has 2 N–H and O–H groups in total. The van der Waals surface area contributed by atoms with Gasteiger partial charge in [0.05, 0.1) is 5.56 Å². The molecule has 8 heteroatoms. The van der Waals surface area contributed by atoms with E-state index in [1.807, 2.05) is 11.9 Å². The Morgan fingerprint density at radius 1 is 1.31 bits per heavy atom. The Labute approximate surface area is 158 Å². The number of nitrogens with zero attached hydrogens (tertiary/aromatic N) is 1. The first-order valence-electron chi connectivity index (χ1n) is 8.67. The van der Waals surface area contributed by atoms with Crippen LogP contribution in [0, 0.1) is 17.6 Å². The number of benzene rings is 1. The van der Waals surface area contributed by atoms with Crippen LogP contribution in [0.25, 0.3) is 0 Å². The predicted octanol–water partition coefficient (Wildman–Crippen LogP) is 2.35. The number of halogens is 3. The first-order chi connectivity index (χ1) is 12.0. The van der Waals surface area contributed by atoms with E-state index in [9.17, 15) is 18.4 Å². The molecule has 0 spiro atoms. The van der Waals surface area contributed by atoms with Crippen LogP contribution in [0.15, 0.2) is 18.2 Å². The molecule has 0 aliphatic carbocycles. The van der Waals surface area contributed by atoms with E-state index >= 15 is 0 Å². The van der Waals surface area contributed by atoms with E-state index in [-0.39, 0.29) is 30.4 Å². The maximum atomic E-state index is 13.5. The van der Waals surface area contributed by atoms with Gasteiger partial charge in [0.2, 0.25) is 5.91 Å². The molecular formula is C18H26ClF2N3O2. The first kappa shape index (κ1) is 22.3. The molecule has 1 atom stereocenters. The molecule has 1 unspecified atom stereocenters. The van der Waals surface area contributed by atoms with Crippen molar-refractivity contribution in [3.63, 3.8) is 0 Å². The van der Waals surface area contributed by atoms with E-state index in [1.165, 1.54) is 0 Å². The van der Waals surface area contributed by atoms with Crippen LogP contribution in [0.4, 0.5) is 8.78 Å². The highest BCUT2D eigenvalue weighted by Crippen LogP contribution is 2.16. The zero-order valence-corrected chi connectivity index (χ0v) is 15.7. The van der Waals surface area contributed by atoms with E-state index < -0.39 is 17.5 Å². The number of carbonyl (C=O) groups excluding carboxylic acids is 2. The summed E-state index contributed by atoms with van der Waals surface area (Å²) in [4.78, 5) is 26.0. The minimum Gasteiger partial charge on any atom is -0.352 e. The first-order valence-corrected chi connectivity index (χ1v) is 8.67. The van der Waals surface area contributed by atoms with Gasteiger partial charge in [0.25, 0.3) is 5.91 Å². The van der Waals surface area contributed by atoms with Crippen LogP contribution in [-0.2, 0) is 4.79 Å². The number of piperidine rings is 1. The van der Waals surface area contributed by atoms with Crippen molar-refractivity contribution in [3.8, 4) is 0 Å². The molecular weight excluding hydrogens is 364 g/mol. The van der Waals surface area contributed by atoms with Crippen LogP contribution in [0.1, 0.15) is 36.0 Å². The van der Waals surface area contributed by atoms with E-state index in [4.69, 9.17) is 0 Å². The molecule has 1 aromatic rings. The van der Waals surface area contributed by atoms with Crippen molar-refractivity contribution in [2.24, 2.45) is 5.92 Å². The molecule has 1 aliphatic heterocycles. The van der Waals surface area contributed by atoms with Gasteiger partial charge in [-0.25, -0.2) is 8.78 Å². The van der Waals surface area contributed by atoms with Crippen LogP contribution in [0.5, 0.6) is 0 Å². The van der Waals surface area contributed by atoms with Crippen LogP contribution in [0.2, 0.25) is 0 Å².